The van der Waals surface area contributed by atoms with Gasteiger partial charge in [-0.2, -0.15) is 4.72 Å². The Morgan fingerprint density at radius 2 is 2.21 bits per heavy atom. The van der Waals surface area contributed by atoms with Gasteiger partial charge in [0.1, 0.15) is 6.04 Å². The lowest BCUT2D eigenvalue weighted by atomic mass is 10.1. The van der Waals surface area contributed by atoms with E-state index in [1.807, 2.05) is 5.38 Å². The number of nitrogens with zero attached hydrogens (tertiary/aromatic N) is 1. The van der Waals surface area contributed by atoms with Crippen LogP contribution >= 0.6 is 11.3 Å². The Morgan fingerprint density at radius 1 is 1.42 bits per heavy atom. The van der Waals surface area contributed by atoms with Gasteiger partial charge < -0.3 is 11.1 Å². The molecule has 1 amide bonds. The zero-order valence-electron chi connectivity index (χ0n) is 12.9. The molecule has 1 aliphatic heterocycles. The van der Waals surface area contributed by atoms with Crippen molar-refractivity contribution >= 4 is 32.4 Å². The fourth-order valence-corrected chi connectivity index (χ4v) is 4.68. The molecule has 9 heteroatoms. The fourth-order valence-electron chi connectivity index (χ4n) is 2.63. The lowest BCUT2D eigenvalue weighted by molar-refractivity contribution is -0.122. The second-order valence-corrected chi connectivity index (χ2v) is 8.13. The predicted octanol–water partition coefficient (Wildman–Crippen LogP) is 0.677. The monoisotopic (exact) mass is 366 g/mol. The van der Waals surface area contributed by atoms with E-state index in [0.717, 1.165) is 5.69 Å². The van der Waals surface area contributed by atoms with E-state index in [1.54, 1.807) is 24.3 Å². The largest absolute Gasteiger partial charge is 0.375 e. The second kappa shape index (κ2) is 6.88. The molecule has 0 aliphatic carbocycles. The number of nitrogens with one attached hydrogen (secondary N) is 2. The molecular weight excluding hydrogens is 348 g/mol. The number of carbonyl (C=O) groups is 1. The summed E-state index contributed by atoms with van der Waals surface area (Å²) < 4.78 is 26.8. The smallest absolute Gasteiger partial charge is 0.241 e. The first-order valence-electron chi connectivity index (χ1n) is 7.53. The quantitative estimate of drug-likeness (QED) is 0.673. The minimum atomic E-state index is -3.64. The minimum absolute atomic E-state index is 0.246. The summed E-state index contributed by atoms with van der Waals surface area (Å²) in [5.74, 6) is -0.314. The van der Waals surface area contributed by atoms with E-state index in [-0.39, 0.29) is 10.8 Å². The number of sulfonamides is 1. The first-order valence-corrected chi connectivity index (χ1v) is 9.90. The summed E-state index contributed by atoms with van der Waals surface area (Å²) in [6, 6.07) is 5.95. The molecule has 128 valence electrons. The maximum absolute atomic E-state index is 12.2. The number of aryl methyl sites for hydroxylation is 1. The number of hydrogen-bond donors (Lipinski definition) is 3. The Kier molecular flexibility index (Phi) is 4.83. The molecular formula is C15H18N4O3S2. The normalized spacial score (nSPS) is 18.8. The number of nitrogens with two attached hydrogens (primary N) is 1. The third-order valence-corrected chi connectivity index (χ3v) is 6.07. The number of hydrogen-bond acceptors (Lipinski definition) is 6. The molecule has 1 aromatic heterocycles. The molecule has 0 unspecified atom stereocenters. The highest BCUT2D eigenvalue weighted by molar-refractivity contribution is 7.89. The summed E-state index contributed by atoms with van der Waals surface area (Å²) >= 11 is 1.39. The van der Waals surface area contributed by atoms with Gasteiger partial charge in [0.25, 0.3) is 0 Å². The van der Waals surface area contributed by atoms with Gasteiger partial charge >= 0.3 is 0 Å². The number of amides is 1. The van der Waals surface area contributed by atoms with Crippen molar-refractivity contribution in [1.29, 1.82) is 0 Å². The van der Waals surface area contributed by atoms with Crippen LogP contribution in [0, 0.1) is 0 Å². The van der Waals surface area contributed by atoms with E-state index in [4.69, 9.17) is 5.73 Å². The number of nitrogen functional groups attached to an aromatic ring is 1. The van der Waals surface area contributed by atoms with Crippen molar-refractivity contribution in [1.82, 2.24) is 15.0 Å². The molecule has 0 saturated carbocycles. The third-order valence-electron chi connectivity index (χ3n) is 3.78. The van der Waals surface area contributed by atoms with E-state index < -0.39 is 16.1 Å². The minimum Gasteiger partial charge on any atom is -0.375 e. The van der Waals surface area contributed by atoms with Gasteiger partial charge in [0.05, 0.1) is 10.6 Å². The summed E-state index contributed by atoms with van der Waals surface area (Å²) in [5, 5.41) is 5.20. The van der Waals surface area contributed by atoms with Crippen LogP contribution in [0.15, 0.2) is 34.5 Å². The lowest BCUT2D eigenvalue weighted by Crippen LogP contribution is -2.50. The van der Waals surface area contributed by atoms with Crippen LogP contribution in [-0.4, -0.2) is 31.9 Å². The van der Waals surface area contributed by atoms with Crippen LogP contribution in [0.5, 0.6) is 0 Å². The van der Waals surface area contributed by atoms with E-state index >= 15 is 0 Å². The van der Waals surface area contributed by atoms with E-state index in [1.165, 1.54) is 11.3 Å². The van der Waals surface area contributed by atoms with Crippen molar-refractivity contribution in [2.45, 2.75) is 30.2 Å². The maximum Gasteiger partial charge on any atom is 0.241 e. The number of thiazole rings is 1. The van der Waals surface area contributed by atoms with Gasteiger partial charge in [0, 0.05) is 11.9 Å². The third kappa shape index (κ3) is 3.74. The molecule has 0 spiro atoms. The average Bonchev–Trinajstić information content (AvgIpc) is 2.96. The number of benzene rings is 1. The topological polar surface area (TPSA) is 114 Å². The van der Waals surface area contributed by atoms with Crippen LogP contribution < -0.4 is 15.8 Å². The molecule has 1 aromatic carbocycles. The van der Waals surface area contributed by atoms with Gasteiger partial charge in [-0.3, -0.25) is 4.79 Å². The van der Waals surface area contributed by atoms with Crippen molar-refractivity contribution in [2.24, 2.45) is 0 Å². The Labute approximate surface area is 144 Å². The first kappa shape index (κ1) is 16.9. The number of fused-ring (bicyclic) bond motifs is 1. The standard InChI is InChI=1S/C15H18N4O3S2/c16-15-18-11(9-23-15)5-3-7-17-14(20)12-8-10-4-1-2-6-13(10)24(21,22)19-12/h1-2,4,6,9,12,19H,3,5,7-8H2,(H2,16,18)(H,17,20)/t12-/m1/s1. The van der Waals surface area contributed by atoms with Crippen molar-refractivity contribution in [2.75, 3.05) is 12.3 Å². The van der Waals surface area contributed by atoms with Gasteiger partial charge in [-0.05, 0) is 30.9 Å². The molecule has 0 bridgehead atoms. The van der Waals surface area contributed by atoms with E-state index in [9.17, 15) is 13.2 Å². The lowest BCUT2D eigenvalue weighted by Gasteiger charge is -2.25. The fraction of sp³-hybridized carbons (Fsp3) is 0.333. The number of rotatable bonds is 5. The zero-order chi connectivity index (χ0) is 17.2. The maximum atomic E-state index is 12.2. The highest BCUT2D eigenvalue weighted by Gasteiger charge is 2.32. The highest BCUT2D eigenvalue weighted by Crippen LogP contribution is 2.22. The Morgan fingerprint density at radius 3 is 2.96 bits per heavy atom. The molecule has 1 atom stereocenters. The molecule has 0 radical (unpaired) electrons. The van der Waals surface area contributed by atoms with Crippen molar-refractivity contribution < 1.29 is 13.2 Å². The Balaban J connectivity index is 1.54. The summed E-state index contributed by atoms with van der Waals surface area (Å²) in [6.07, 6.45) is 1.78. The number of carbonyl (C=O) groups excluding carboxylic acids is 1. The SMILES string of the molecule is Nc1nc(CCCNC(=O)[C@H]2Cc3ccccc3S(=O)(=O)N2)cs1. The van der Waals surface area contributed by atoms with Crippen LogP contribution in [0.25, 0.3) is 0 Å². The van der Waals surface area contributed by atoms with Crippen LogP contribution in [0.1, 0.15) is 17.7 Å². The summed E-state index contributed by atoms with van der Waals surface area (Å²) in [6.45, 7) is 0.455. The highest BCUT2D eigenvalue weighted by atomic mass is 32.2. The van der Waals surface area contributed by atoms with E-state index in [2.05, 4.69) is 15.0 Å². The van der Waals surface area contributed by atoms with Crippen molar-refractivity contribution in [3.63, 3.8) is 0 Å². The number of anilines is 1. The molecule has 0 fully saturated rings. The molecule has 24 heavy (non-hydrogen) atoms. The molecule has 4 N–H and O–H groups in total. The summed E-state index contributed by atoms with van der Waals surface area (Å²) in [5.41, 5.74) is 7.13. The second-order valence-electron chi connectivity index (χ2n) is 5.56. The molecule has 7 nitrogen and oxygen atoms in total. The van der Waals surface area contributed by atoms with Gasteiger partial charge in [-0.15, -0.1) is 11.3 Å². The molecule has 2 aromatic rings. The Hall–Kier alpha value is -1.97. The van der Waals surface area contributed by atoms with Gasteiger partial charge in [0.2, 0.25) is 15.9 Å². The van der Waals surface area contributed by atoms with Crippen molar-refractivity contribution in [3.8, 4) is 0 Å². The van der Waals surface area contributed by atoms with Crippen molar-refractivity contribution in [3.05, 3.63) is 40.9 Å². The predicted molar refractivity (Wildman–Crippen MR) is 92.1 cm³/mol. The van der Waals surface area contributed by atoms with Crippen LogP contribution in [0.4, 0.5) is 5.13 Å². The first-order chi connectivity index (χ1) is 11.5. The molecule has 2 heterocycles. The zero-order valence-corrected chi connectivity index (χ0v) is 14.5. The molecule has 0 saturated heterocycles. The average molecular weight is 366 g/mol. The van der Waals surface area contributed by atoms with Crippen LogP contribution in [0.2, 0.25) is 0 Å². The van der Waals surface area contributed by atoms with Gasteiger partial charge in [0.15, 0.2) is 5.13 Å². The molecule has 1 aliphatic rings. The summed E-state index contributed by atoms with van der Waals surface area (Å²) in [7, 11) is -3.64. The van der Waals surface area contributed by atoms with Gasteiger partial charge in [-0.25, -0.2) is 13.4 Å². The van der Waals surface area contributed by atoms with Gasteiger partial charge in [-0.1, -0.05) is 18.2 Å². The summed E-state index contributed by atoms with van der Waals surface area (Å²) in [4.78, 5) is 16.6. The Bertz CT molecular complexity index is 848. The van der Waals surface area contributed by atoms with E-state index in [0.29, 0.717) is 36.5 Å². The number of aromatic nitrogens is 1. The van der Waals surface area contributed by atoms with Crippen LogP contribution in [-0.2, 0) is 27.7 Å². The molecule has 3 rings (SSSR count). The van der Waals surface area contributed by atoms with Crippen LogP contribution in [0.3, 0.4) is 0 Å².